The van der Waals surface area contributed by atoms with Crippen molar-refractivity contribution in [2.24, 2.45) is 0 Å². The number of likely N-dealkylation sites (N-methyl/N-ethyl adjacent to an activating group) is 1. The summed E-state index contributed by atoms with van der Waals surface area (Å²) in [6.07, 6.45) is 0. The number of methoxy groups -OCH3 is 1. The van der Waals surface area contributed by atoms with Crippen LogP contribution in [0.5, 0.6) is 5.75 Å². The summed E-state index contributed by atoms with van der Waals surface area (Å²) in [6, 6.07) is 8.05. The fraction of sp³-hybridized carbons (Fsp3) is 0.533. The van der Waals surface area contributed by atoms with Gasteiger partial charge in [0.25, 0.3) is 0 Å². The van der Waals surface area contributed by atoms with E-state index >= 15 is 0 Å². The largest absolute Gasteiger partial charge is 0.497 e. The summed E-state index contributed by atoms with van der Waals surface area (Å²) < 4.78 is 5.26. The van der Waals surface area contributed by atoms with Crippen LogP contribution in [0.1, 0.15) is 6.92 Å². The average molecular weight is 277 g/mol. The molecule has 1 aliphatic heterocycles. The van der Waals surface area contributed by atoms with E-state index in [2.05, 4.69) is 27.2 Å². The highest BCUT2D eigenvalue weighted by Gasteiger charge is 2.24. The van der Waals surface area contributed by atoms with Gasteiger partial charge in [-0.15, -0.1) is 0 Å². The second-order valence-electron chi connectivity index (χ2n) is 5.01. The molecule has 0 bridgehead atoms. The molecule has 0 saturated carbocycles. The summed E-state index contributed by atoms with van der Waals surface area (Å²) in [6.45, 7) is 5.60. The molecule has 1 N–H and O–H groups in total. The first kappa shape index (κ1) is 14.7. The van der Waals surface area contributed by atoms with E-state index in [0.29, 0.717) is 0 Å². The Balaban J connectivity index is 1.95. The topological polar surface area (TPSA) is 44.8 Å². The average Bonchev–Trinajstić information content (AvgIpc) is 2.53. The molecule has 0 radical (unpaired) electrons. The molecule has 5 nitrogen and oxygen atoms in total. The Labute approximate surface area is 120 Å². The van der Waals surface area contributed by atoms with Gasteiger partial charge in [0.1, 0.15) is 5.75 Å². The molecule has 1 aromatic rings. The molecular formula is C15H23N3O2. The minimum atomic E-state index is -0.0625. The van der Waals surface area contributed by atoms with Gasteiger partial charge in [-0.3, -0.25) is 9.69 Å². The van der Waals surface area contributed by atoms with Crippen molar-refractivity contribution >= 4 is 11.6 Å². The van der Waals surface area contributed by atoms with Crippen molar-refractivity contribution in [3.05, 3.63) is 24.3 Å². The van der Waals surface area contributed by atoms with E-state index in [-0.39, 0.29) is 11.9 Å². The van der Waals surface area contributed by atoms with Crippen LogP contribution in [0.4, 0.5) is 5.69 Å². The molecular weight excluding hydrogens is 254 g/mol. The van der Waals surface area contributed by atoms with Crippen LogP contribution in [0.15, 0.2) is 24.3 Å². The maximum Gasteiger partial charge on any atom is 0.236 e. The number of carbonyl (C=O) groups is 1. The normalized spacial score (nSPS) is 17.6. The molecule has 20 heavy (non-hydrogen) atoms. The number of hydrogen-bond acceptors (Lipinski definition) is 4. The minimum Gasteiger partial charge on any atom is -0.497 e. The van der Waals surface area contributed by atoms with Gasteiger partial charge >= 0.3 is 0 Å². The highest BCUT2D eigenvalue weighted by Crippen LogP contribution is 2.22. The Hall–Kier alpha value is -1.75. The van der Waals surface area contributed by atoms with E-state index in [1.165, 1.54) is 5.69 Å². The lowest BCUT2D eigenvalue weighted by atomic mass is 10.2. The first-order chi connectivity index (χ1) is 9.65. The fourth-order valence-corrected chi connectivity index (χ4v) is 2.55. The van der Waals surface area contributed by atoms with E-state index in [4.69, 9.17) is 4.74 Å². The molecule has 0 aliphatic carbocycles. The van der Waals surface area contributed by atoms with E-state index in [1.807, 2.05) is 19.1 Å². The highest BCUT2D eigenvalue weighted by molar-refractivity contribution is 5.81. The van der Waals surface area contributed by atoms with Gasteiger partial charge in [-0.05, 0) is 19.1 Å². The summed E-state index contributed by atoms with van der Waals surface area (Å²) in [5.74, 6) is 0.962. The summed E-state index contributed by atoms with van der Waals surface area (Å²) in [5.41, 5.74) is 1.18. The fourth-order valence-electron chi connectivity index (χ4n) is 2.55. The standard InChI is InChI=1S/C15H23N3O2/c1-12(15(19)16-2)17-7-9-18(10-8-17)13-5-4-6-14(11-13)20-3/h4-6,11-12H,7-10H2,1-3H3,(H,16,19)/t12-/m1/s1. The number of rotatable bonds is 4. The van der Waals surface area contributed by atoms with Crippen molar-refractivity contribution in [1.82, 2.24) is 10.2 Å². The monoisotopic (exact) mass is 277 g/mol. The van der Waals surface area contributed by atoms with Crippen LogP contribution >= 0.6 is 0 Å². The summed E-state index contributed by atoms with van der Waals surface area (Å²) in [4.78, 5) is 16.2. The molecule has 5 heteroatoms. The van der Waals surface area contributed by atoms with Crippen molar-refractivity contribution < 1.29 is 9.53 Å². The molecule has 1 amide bonds. The highest BCUT2D eigenvalue weighted by atomic mass is 16.5. The Morgan fingerprint density at radius 1 is 1.30 bits per heavy atom. The minimum absolute atomic E-state index is 0.0625. The maximum absolute atomic E-state index is 11.7. The lowest BCUT2D eigenvalue weighted by molar-refractivity contribution is -0.125. The molecule has 110 valence electrons. The number of nitrogens with zero attached hydrogens (tertiary/aromatic N) is 2. The van der Waals surface area contributed by atoms with E-state index in [9.17, 15) is 4.79 Å². The Bertz CT molecular complexity index is 456. The zero-order valence-corrected chi connectivity index (χ0v) is 12.4. The molecule has 0 aromatic heterocycles. The number of piperazine rings is 1. The van der Waals surface area contributed by atoms with Gasteiger partial charge in [0.05, 0.1) is 13.2 Å². The molecule has 1 aromatic carbocycles. The molecule has 1 atom stereocenters. The number of anilines is 1. The van der Waals surface area contributed by atoms with Crippen LogP contribution in [0.25, 0.3) is 0 Å². The molecule has 0 spiro atoms. The molecule has 0 unspecified atom stereocenters. The molecule has 1 fully saturated rings. The second kappa shape index (κ2) is 6.61. The Morgan fingerprint density at radius 3 is 2.60 bits per heavy atom. The number of benzene rings is 1. The predicted molar refractivity (Wildman–Crippen MR) is 80.3 cm³/mol. The maximum atomic E-state index is 11.7. The van der Waals surface area contributed by atoms with Gasteiger partial charge in [-0.1, -0.05) is 6.07 Å². The summed E-state index contributed by atoms with van der Waals surface area (Å²) in [7, 11) is 3.37. The van der Waals surface area contributed by atoms with Crippen molar-refractivity contribution in [1.29, 1.82) is 0 Å². The van der Waals surface area contributed by atoms with E-state index in [0.717, 1.165) is 31.9 Å². The van der Waals surface area contributed by atoms with Gasteiger partial charge in [0.15, 0.2) is 0 Å². The van der Waals surface area contributed by atoms with Gasteiger partial charge < -0.3 is 15.0 Å². The third-order valence-electron chi connectivity index (χ3n) is 3.91. The molecule has 1 saturated heterocycles. The first-order valence-corrected chi connectivity index (χ1v) is 7.00. The van der Waals surface area contributed by atoms with Crippen LogP contribution in [0, 0.1) is 0 Å². The SMILES string of the molecule is CNC(=O)[C@@H](C)N1CCN(c2cccc(OC)c2)CC1. The third kappa shape index (κ3) is 3.22. The number of ether oxygens (including phenoxy) is 1. The van der Waals surface area contributed by atoms with Crippen molar-refractivity contribution in [2.75, 3.05) is 45.2 Å². The van der Waals surface area contributed by atoms with E-state index < -0.39 is 0 Å². The first-order valence-electron chi connectivity index (χ1n) is 7.00. The number of amides is 1. The Morgan fingerprint density at radius 2 is 2.00 bits per heavy atom. The third-order valence-corrected chi connectivity index (χ3v) is 3.91. The number of nitrogens with one attached hydrogen (secondary N) is 1. The lowest BCUT2D eigenvalue weighted by Gasteiger charge is -2.38. The van der Waals surface area contributed by atoms with Gasteiger partial charge in [0.2, 0.25) is 5.91 Å². The van der Waals surface area contributed by atoms with Gasteiger partial charge in [-0.25, -0.2) is 0 Å². The van der Waals surface area contributed by atoms with Crippen LogP contribution in [-0.4, -0.2) is 57.2 Å². The van der Waals surface area contributed by atoms with Crippen LogP contribution < -0.4 is 15.0 Å². The predicted octanol–water partition coefficient (Wildman–Crippen LogP) is 0.952. The van der Waals surface area contributed by atoms with Gasteiger partial charge in [-0.2, -0.15) is 0 Å². The Kier molecular flexibility index (Phi) is 4.84. The molecule has 1 heterocycles. The zero-order valence-electron chi connectivity index (χ0n) is 12.4. The second-order valence-corrected chi connectivity index (χ2v) is 5.01. The molecule has 2 rings (SSSR count). The van der Waals surface area contributed by atoms with Crippen LogP contribution in [0.3, 0.4) is 0 Å². The quantitative estimate of drug-likeness (QED) is 0.890. The van der Waals surface area contributed by atoms with Crippen LogP contribution in [0.2, 0.25) is 0 Å². The zero-order chi connectivity index (χ0) is 14.5. The number of hydrogen-bond donors (Lipinski definition) is 1. The summed E-state index contributed by atoms with van der Waals surface area (Å²) >= 11 is 0. The lowest BCUT2D eigenvalue weighted by Crippen LogP contribution is -2.53. The van der Waals surface area contributed by atoms with Crippen LogP contribution in [-0.2, 0) is 4.79 Å². The molecule has 1 aliphatic rings. The van der Waals surface area contributed by atoms with Crippen molar-refractivity contribution in [3.8, 4) is 5.75 Å². The van der Waals surface area contributed by atoms with Crippen molar-refractivity contribution in [3.63, 3.8) is 0 Å². The summed E-state index contributed by atoms with van der Waals surface area (Å²) in [5, 5.41) is 2.71. The van der Waals surface area contributed by atoms with Gasteiger partial charge in [0, 0.05) is 45.0 Å². The number of carbonyl (C=O) groups excluding carboxylic acids is 1. The van der Waals surface area contributed by atoms with E-state index in [1.54, 1.807) is 14.2 Å². The smallest absolute Gasteiger partial charge is 0.236 e. The van der Waals surface area contributed by atoms with Crippen molar-refractivity contribution in [2.45, 2.75) is 13.0 Å².